The first kappa shape index (κ1) is 15.4. The Labute approximate surface area is 139 Å². The highest BCUT2D eigenvalue weighted by Gasteiger charge is 2.16. The summed E-state index contributed by atoms with van der Waals surface area (Å²) in [5.41, 5.74) is 2.06. The summed E-state index contributed by atoms with van der Waals surface area (Å²) in [5.74, 6) is 0.481. The lowest BCUT2D eigenvalue weighted by molar-refractivity contribution is -0.108. The predicted octanol–water partition coefficient (Wildman–Crippen LogP) is 4.36. The van der Waals surface area contributed by atoms with Gasteiger partial charge in [0.25, 0.3) is 0 Å². The van der Waals surface area contributed by atoms with Gasteiger partial charge in [-0.25, -0.2) is 4.98 Å². The highest BCUT2D eigenvalue weighted by molar-refractivity contribution is 7.11. The SMILES string of the molecule is Cc1cnc(C(C=O)c2ccc(OCc3ccccc3)cc2)s1. The van der Waals surface area contributed by atoms with Gasteiger partial charge in [0.1, 0.15) is 23.7 Å². The molecule has 3 rings (SSSR count). The van der Waals surface area contributed by atoms with Crippen molar-refractivity contribution in [2.75, 3.05) is 0 Å². The number of carbonyl (C=O) groups excluding carboxylic acids is 1. The van der Waals surface area contributed by atoms with E-state index < -0.39 is 0 Å². The Morgan fingerprint density at radius 3 is 2.48 bits per heavy atom. The molecule has 0 aliphatic rings. The van der Waals surface area contributed by atoms with E-state index in [-0.39, 0.29) is 5.92 Å². The van der Waals surface area contributed by atoms with E-state index >= 15 is 0 Å². The monoisotopic (exact) mass is 323 g/mol. The molecule has 1 atom stereocenters. The third-order valence-electron chi connectivity index (χ3n) is 3.53. The molecule has 0 bridgehead atoms. The number of thiazole rings is 1. The molecule has 2 aromatic carbocycles. The van der Waals surface area contributed by atoms with Crippen LogP contribution in [0.3, 0.4) is 0 Å². The number of aryl methyl sites for hydroxylation is 1. The van der Waals surface area contributed by atoms with Crippen LogP contribution in [-0.4, -0.2) is 11.3 Å². The van der Waals surface area contributed by atoms with E-state index in [2.05, 4.69) is 4.98 Å². The Hall–Kier alpha value is -2.46. The second-order valence-corrected chi connectivity index (χ2v) is 6.53. The highest BCUT2D eigenvalue weighted by Crippen LogP contribution is 2.27. The van der Waals surface area contributed by atoms with Crippen molar-refractivity contribution in [3.8, 4) is 5.75 Å². The maximum absolute atomic E-state index is 11.4. The summed E-state index contributed by atoms with van der Waals surface area (Å²) in [4.78, 5) is 16.9. The molecule has 23 heavy (non-hydrogen) atoms. The molecule has 116 valence electrons. The lowest BCUT2D eigenvalue weighted by Gasteiger charge is -2.10. The van der Waals surface area contributed by atoms with Crippen LogP contribution in [0.1, 0.15) is 26.9 Å². The van der Waals surface area contributed by atoms with E-state index in [9.17, 15) is 4.79 Å². The summed E-state index contributed by atoms with van der Waals surface area (Å²) >= 11 is 1.55. The van der Waals surface area contributed by atoms with E-state index in [0.717, 1.165) is 33.0 Å². The number of rotatable bonds is 6. The topological polar surface area (TPSA) is 39.2 Å². The number of aromatic nitrogens is 1. The molecule has 3 nitrogen and oxygen atoms in total. The molecule has 3 aromatic rings. The van der Waals surface area contributed by atoms with Gasteiger partial charge in [-0.3, -0.25) is 0 Å². The molecule has 0 spiro atoms. The molecule has 0 fully saturated rings. The van der Waals surface area contributed by atoms with Gasteiger partial charge in [-0.2, -0.15) is 0 Å². The zero-order valence-corrected chi connectivity index (χ0v) is 13.6. The fourth-order valence-electron chi connectivity index (χ4n) is 2.31. The molecule has 0 aliphatic heterocycles. The number of hydrogen-bond acceptors (Lipinski definition) is 4. The number of hydrogen-bond donors (Lipinski definition) is 0. The van der Waals surface area contributed by atoms with E-state index in [1.807, 2.05) is 61.5 Å². The molecule has 1 unspecified atom stereocenters. The van der Waals surface area contributed by atoms with Crippen LogP contribution in [0.15, 0.2) is 60.8 Å². The maximum atomic E-state index is 11.4. The molecule has 4 heteroatoms. The second kappa shape index (κ2) is 7.20. The largest absolute Gasteiger partial charge is 0.489 e. The van der Waals surface area contributed by atoms with E-state index in [4.69, 9.17) is 4.74 Å². The summed E-state index contributed by atoms with van der Waals surface area (Å²) < 4.78 is 5.77. The molecule has 1 aromatic heterocycles. The average Bonchev–Trinajstić information content (AvgIpc) is 3.02. The minimum Gasteiger partial charge on any atom is -0.489 e. The van der Waals surface area contributed by atoms with Crippen molar-refractivity contribution in [2.45, 2.75) is 19.4 Å². The van der Waals surface area contributed by atoms with Gasteiger partial charge < -0.3 is 9.53 Å². The van der Waals surface area contributed by atoms with Crippen molar-refractivity contribution in [2.24, 2.45) is 0 Å². The molecule has 0 saturated heterocycles. The Morgan fingerprint density at radius 1 is 1.13 bits per heavy atom. The number of benzene rings is 2. The summed E-state index contributed by atoms with van der Waals surface area (Å²) in [6.45, 7) is 2.52. The number of nitrogens with zero attached hydrogens (tertiary/aromatic N) is 1. The summed E-state index contributed by atoms with van der Waals surface area (Å²) in [5, 5.41) is 0.829. The minimum atomic E-state index is -0.308. The van der Waals surface area contributed by atoms with Crippen LogP contribution in [-0.2, 0) is 11.4 Å². The summed E-state index contributed by atoms with van der Waals surface area (Å²) in [7, 11) is 0. The fourth-order valence-corrected chi connectivity index (χ4v) is 3.17. The standard InChI is InChI=1S/C19H17NO2S/c1-14-11-20-19(23-14)18(12-21)16-7-9-17(10-8-16)22-13-15-5-3-2-4-6-15/h2-12,18H,13H2,1H3. The first-order valence-electron chi connectivity index (χ1n) is 7.40. The van der Waals surface area contributed by atoms with Crippen LogP contribution in [0.5, 0.6) is 5.75 Å². The second-order valence-electron chi connectivity index (χ2n) is 5.27. The van der Waals surface area contributed by atoms with Crippen LogP contribution in [0.25, 0.3) is 0 Å². The quantitative estimate of drug-likeness (QED) is 0.633. The van der Waals surface area contributed by atoms with Crippen molar-refractivity contribution < 1.29 is 9.53 Å². The zero-order valence-electron chi connectivity index (χ0n) is 12.8. The van der Waals surface area contributed by atoms with Crippen LogP contribution in [0.4, 0.5) is 0 Å². The maximum Gasteiger partial charge on any atom is 0.134 e. The average molecular weight is 323 g/mol. The van der Waals surface area contributed by atoms with E-state index in [1.54, 1.807) is 17.5 Å². The molecule has 0 amide bonds. The first-order valence-corrected chi connectivity index (χ1v) is 8.22. The van der Waals surface area contributed by atoms with Gasteiger partial charge in [-0.1, -0.05) is 42.5 Å². The normalized spacial score (nSPS) is 11.9. The Kier molecular flexibility index (Phi) is 4.83. The lowest BCUT2D eigenvalue weighted by Crippen LogP contribution is -2.02. The smallest absolute Gasteiger partial charge is 0.134 e. The van der Waals surface area contributed by atoms with Crippen LogP contribution >= 0.6 is 11.3 Å². The third-order valence-corrected chi connectivity index (χ3v) is 4.52. The molecule has 0 saturated carbocycles. The number of ether oxygens (including phenoxy) is 1. The van der Waals surface area contributed by atoms with Crippen LogP contribution in [0, 0.1) is 6.92 Å². The fraction of sp³-hybridized carbons (Fsp3) is 0.158. The Morgan fingerprint density at radius 2 is 1.87 bits per heavy atom. The molecular weight excluding hydrogens is 306 g/mol. The Balaban J connectivity index is 1.69. The zero-order chi connectivity index (χ0) is 16.1. The van der Waals surface area contributed by atoms with E-state index in [0.29, 0.717) is 6.61 Å². The van der Waals surface area contributed by atoms with Gasteiger partial charge in [0.2, 0.25) is 0 Å². The molecule has 0 N–H and O–H groups in total. The van der Waals surface area contributed by atoms with Gasteiger partial charge in [-0.15, -0.1) is 11.3 Å². The molecule has 1 heterocycles. The van der Waals surface area contributed by atoms with Gasteiger partial charge in [0, 0.05) is 11.1 Å². The Bertz CT molecular complexity index is 766. The van der Waals surface area contributed by atoms with Gasteiger partial charge >= 0.3 is 0 Å². The number of aldehydes is 1. The minimum absolute atomic E-state index is 0.308. The van der Waals surface area contributed by atoms with Crippen molar-refractivity contribution in [1.29, 1.82) is 0 Å². The van der Waals surface area contributed by atoms with Crippen molar-refractivity contribution in [1.82, 2.24) is 4.98 Å². The predicted molar refractivity (Wildman–Crippen MR) is 92.0 cm³/mol. The molecular formula is C19H17NO2S. The van der Waals surface area contributed by atoms with Crippen molar-refractivity contribution >= 4 is 17.6 Å². The first-order chi connectivity index (χ1) is 11.3. The highest BCUT2D eigenvalue weighted by atomic mass is 32.1. The van der Waals surface area contributed by atoms with Gasteiger partial charge in [0.05, 0.1) is 5.92 Å². The van der Waals surface area contributed by atoms with Gasteiger partial charge in [0.15, 0.2) is 0 Å². The van der Waals surface area contributed by atoms with Crippen molar-refractivity contribution in [3.63, 3.8) is 0 Å². The summed E-state index contributed by atoms with van der Waals surface area (Å²) in [6, 6.07) is 17.7. The number of carbonyl (C=O) groups is 1. The lowest BCUT2D eigenvalue weighted by atomic mass is 10.0. The van der Waals surface area contributed by atoms with Gasteiger partial charge in [-0.05, 0) is 30.2 Å². The van der Waals surface area contributed by atoms with Crippen LogP contribution in [0.2, 0.25) is 0 Å². The third kappa shape index (κ3) is 3.85. The summed E-state index contributed by atoms with van der Waals surface area (Å²) in [6.07, 6.45) is 2.74. The molecule has 0 radical (unpaired) electrons. The molecule has 0 aliphatic carbocycles. The van der Waals surface area contributed by atoms with Crippen molar-refractivity contribution in [3.05, 3.63) is 81.8 Å². The van der Waals surface area contributed by atoms with E-state index in [1.165, 1.54) is 0 Å². The van der Waals surface area contributed by atoms with Crippen LogP contribution < -0.4 is 4.74 Å².